The Morgan fingerprint density at radius 2 is 1.79 bits per heavy atom. The van der Waals surface area contributed by atoms with E-state index < -0.39 is 17.5 Å². The molecule has 12 heteroatoms. The van der Waals surface area contributed by atoms with Gasteiger partial charge < -0.3 is 24.7 Å². The highest BCUT2D eigenvalue weighted by atomic mass is 19.2. The first-order valence-electron chi connectivity index (χ1n) is 13.1. The van der Waals surface area contributed by atoms with Crippen LogP contribution in [0.1, 0.15) is 56.1 Å². The molecule has 0 radical (unpaired) electrons. The largest absolute Gasteiger partial charge is 0.466 e. The average molecular weight is 539 g/mol. The normalized spacial score (nSPS) is 25.3. The fourth-order valence-corrected chi connectivity index (χ4v) is 6.42. The van der Waals surface area contributed by atoms with E-state index in [2.05, 4.69) is 30.7 Å². The minimum absolute atomic E-state index is 0.0357. The monoisotopic (exact) mass is 538 g/mol. The highest BCUT2D eigenvalue weighted by Crippen LogP contribution is 2.59. The van der Waals surface area contributed by atoms with Gasteiger partial charge in [-0.1, -0.05) is 5.10 Å². The Balaban J connectivity index is 1.05. The van der Waals surface area contributed by atoms with Crippen LogP contribution in [0, 0.1) is 23.0 Å². The van der Waals surface area contributed by atoms with Crippen molar-refractivity contribution < 1.29 is 27.5 Å². The maximum atomic E-state index is 13.4. The third-order valence-corrected chi connectivity index (χ3v) is 8.00. The third kappa shape index (κ3) is 4.90. The molecule has 1 saturated carbocycles. The van der Waals surface area contributed by atoms with Gasteiger partial charge in [-0.25, -0.2) is 13.8 Å². The van der Waals surface area contributed by atoms with Crippen molar-refractivity contribution in [3.63, 3.8) is 0 Å². The van der Waals surface area contributed by atoms with E-state index in [4.69, 9.17) is 9.15 Å². The lowest BCUT2D eigenvalue weighted by molar-refractivity contribution is -0.158. The number of fused-ring (bicyclic) bond motifs is 2. The summed E-state index contributed by atoms with van der Waals surface area (Å²) in [4.78, 5) is 31.7. The van der Waals surface area contributed by atoms with E-state index >= 15 is 0 Å². The van der Waals surface area contributed by atoms with Crippen LogP contribution in [0.5, 0.6) is 0 Å². The number of amides is 1. The molecule has 204 valence electrons. The average Bonchev–Trinajstić information content (AvgIpc) is 3.47. The van der Waals surface area contributed by atoms with Crippen molar-refractivity contribution in [2.75, 3.05) is 22.1 Å². The Bertz CT molecular complexity index is 1380. The third-order valence-electron chi connectivity index (χ3n) is 8.00. The van der Waals surface area contributed by atoms with Crippen LogP contribution in [0.15, 0.2) is 40.9 Å². The van der Waals surface area contributed by atoms with Gasteiger partial charge in [0.15, 0.2) is 11.6 Å². The second-order valence-electron chi connectivity index (χ2n) is 10.6. The molecule has 2 unspecified atom stereocenters. The van der Waals surface area contributed by atoms with Gasteiger partial charge in [0.05, 0.1) is 24.4 Å². The molecule has 3 aromatic rings. The molecule has 39 heavy (non-hydrogen) atoms. The van der Waals surface area contributed by atoms with Gasteiger partial charge in [0.2, 0.25) is 0 Å². The summed E-state index contributed by atoms with van der Waals surface area (Å²) in [6.45, 7) is 2.27. The number of rotatable bonds is 7. The standard InChI is InChI=1S/C27H28F2N6O4/c1-2-38-25(37)15-10-27(11-15)12-18-5-6-19(13-27)35(18)22-8-4-17(14-30-22)31-23(36)24-33-34-26(39-24)32-16-3-7-20(28)21(29)9-16/h3-4,7-9,14-15,18-19H,2,5-6,10-13H2,1H3,(H,31,36)(H,32,34). The second-order valence-corrected chi connectivity index (χ2v) is 10.6. The zero-order valence-corrected chi connectivity index (χ0v) is 21.3. The van der Waals surface area contributed by atoms with Gasteiger partial charge in [0.25, 0.3) is 0 Å². The fourth-order valence-electron chi connectivity index (χ4n) is 6.42. The van der Waals surface area contributed by atoms with Gasteiger partial charge in [0, 0.05) is 23.8 Å². The lowest BCUT2D eigenvalue weighted by Crippen LogP contribution is -2.54. The van der Waals surface area contributed by atoms with Crippen LogP contribution < -0.4 is 15.5 Å². The molecule has 3 fully saturated rings. The summed E-state index contributed by atoms with van der Waals surface area (Å²) in [5.41, 5.74) is 0.892. The molecule has 2 bridgehead atoms. The Hall–Kier alpha value is -4.09. The summed E-state index contributed by atoms with van der Waals surface area (Å²) in [7, 11) is 0. The minimum atomic E-state index is -1.03. The van der Waals surface area contributed by atoms with Crippen molar-refractivity contribution in [3.05, 3.63) is 54.1 Å². The van der Waals surface area contributed by atoms with Crippen LogP contribution >= 0.6 is 0 Å². The van der Waals surface area contributed by atoms with Gasteiger partial charge >= 0.3 is 23.8 Å². The molecule has 3 aliphatic rings. The molecule has 2 N–H and O–H groups in total. The Labute approximate surface area is 223 Å². The highest BCUT2D eigenvalue weighted by molar-refractivity contribution is 6.00. The maximum absolute atomic E-state index is 13.4. The number of pyridine rings is 1. The van der Waals surface area contributed by atoms with E-state index in [0.717, 1.165) is 56.5 Å². The van der Waals surface area contributed by atoms with Crippen molar-refractivity contribution in [2.24, 2.45) is 11.3 Å². The summed E-state index contributed by atoms with van der Waals surface area (Å²) in [6.07, 6.45) is 7.74. The first-order valence-corrected chi connectivity index (χ1v) is 13.1. The number of hydrogen-bond donors (Lipinski definition) is 2. The summed E-state index contributed by atoms with van der Waals surface area (Å²) >= 11 is 0. The first-order chi connectivity index (χ1) is 18.8. The lowest BCUT2D eigenvalue weighted by atomic mass is 9.56. The van der Waals surface area contributed by atoms with E-state index in [9.17, 15) is 18.4 Å². The molecule has 6 rings (SSSR count). The van der Waals surface area contributed by atoms with E-state index in [1.54, 1.807) is 12.3 Å². The van der Waals surface area contributed by atoms with Crippen molar-refractivity contribution >= 4 is 35.1 Å². The predicted octanol–water partition coefficient (Wildman–Crippen LogP) is 4.83. The number of ether oxygens (including phenoxy) is 1. The minimum Gasteiger partial charge on any atom is -0.466 e. The lowest BCUT2D eigenvalue weighted by Gasteiger charge is -2.54. The molecule has 1 aromatic carbocycles. The highest BCUT2D eigenvalue weighted by Gasteiger charge is 2.56. The molecule has 1 amide bonds. The van der Waals surface area contributed by atoms with Crippen LogP contribution in [0.25, 0.3) is 0 Å². The molecule has 4 heterocycles. The number of esters is 1. The van der Waals surface area contributed by atoms with Gasteiger partial charge in [-0.15, -0.1) is 5.10 Å². The second kappa shape index (κ2) is 9.90. The molecular weight excluding hydrogens is 510 g/mol. The molecule has 2 aliphatic heterocycles. The summed E-state index contributed by atoms with van der Waals surface area (Å²) in [5.74, 6) is -2.10. The number of carbonyl (C=O) groups is 2. The van der Waals surface area contributed by atoms with E-state index in [1.165, 1.54) is 6.07 Å². The van der Waals surface area contributed by atoms with Crippen LogP contribution in [0.4, 0.5) is 32.0 Å². The number of aromatic nitrogens is 3. The van der Waals surface area contributed by atoms with Crippen molar-refractivity contribution in [2.45, 2.75) is 57.5 Å². The van der Waals surface area contributed by atoms with E-state index in [0.29, 0.717) is 24.4 Å². The van der Waals surface area contributed by atoms with Gasteiger partial charge in [0.1, 0.15) is 5.82 Å². The van der Waals surface area contributed by atoms with Crippen molar-refractivity contribution in [1.82, 2.24) is 15.2 Å². The van der Waals surface area contributed by atoms with E-state index in [1.807, 2.05) is 13.0 Å². The Morgan fingerprint density at radius 3 is 2.46 bits per heavy atom. The number of carbonyl (C=O) groups excluding carboxylic acids is 2. The van der Waals surface area contributed by atoms with Gasteiger partial charge in [-0.05, 0) is 75.1 Å². The smallest absolute Gasteiger partial charge is 0.320 e. The number of piperidine rings is 1. The number of nitrogens with zero attached hydrogens (tertiary/aromatic N) is 4. The molecule has 1 aliphatic carbocycles. The number of anilines is 4. The number of halogens is 2. The van der Waals surface area contributed by atoms with Crippen molar-refractivity contribution in [1.29, 1.82) is 0 Å². The summed E-state index contributed by atoms with van der Waals surface area (Å²) in [5, 5.41) is 12.7. The molecule has 1 spiro atoms. The fraction of sp³-hybridized carbons (Fsp3) is 0.444. The zero-order chi connectivity index (χ0) is 27.1. The van der Waals surface area contributed by atoms with E-state index in [-0.39, 0.29) is 34.9 Å². The van der Waals surface area contributed by atoms with Gasteiger partial charge in [-0.3, -0.25) is 9.59 Å². The van der Waals surface area contributed by atoms with Crippen LogP contribution in [0.2, 0.25) is 0 Å². The van der Waals surface area contributed by atoms with Crippen LogP contribution in [-0.4, -0.2) is 45.7 Å². The number of nitrogens with one attached hydrogen (secondary N) is 2. The number of benzene rings is 1. The molecular formula is C27H28F2N6O4. The Morgan fingerprint density at radius 1 is 1.05 bits per heavy atom. The SMILES string of the molecule is CCOC(=O)C1CC2(C1)CC1CCC(C2)N1c1ccc(NC(=O)c2nnc(Nc3ccc(F)c(F)c3)o2)cn1. The summed E-state index contributed by atoms with van der Waals surface area (Å²) < 4.78 is 37.0. The number of hydrogen-bond acceptors (Lipinski definition) is 9. The molecule has 2 aromatic heterocycles. The topological polar surface area (TPSA) is 122 Å². The first kappa shape index (κ1) is 25.2. The van der Waals surface area contributed by atoms with Crippen LogP contribution in [-0.2, 0) is 9.53 Å². The van der Waals surface area contributed by atoms with Crippen molar-refractivity contribution in [3.8, 4) is 0 Å². The molecule has 2 atom stereocenters. The predicted molar refractivity (Wildman–Crippen MR) is 136 cm³/mol. The summed E-state index contributed by atoms with van der Waals surface area (Å²) in [6, 6.07) is 7.51. The molecule has 10 nitrogen and oxygen atoms in total. The Kier molecular flexibility index (Phi) is 6.40. The maximum Gasteiger partial charge on any atom is 0.320 e. The molecule has 2 saturated heterocycles. The quantitative estimate of drug-likeness (QED) is 0.407. The van der Waals surface area contributed by atoms with Crippen LogP contribution in [0.3, 0.4) is 0 Å². The van der Waals surface area contributed by atoms with Gasteiger partial charge in [-0.2, -0.15) is 0 Å². The zero-order valence-electron chi connectivity index (χ0n) is 21.3.